The average Bonchev–Trinajstić information content (AvgIpc) is 2.50. The van der Waals surface area contributed by atoms with Crippen molar-refractivity contribution in [3.63, 3.8) is 0 Å². The van der Waals surface area contributed by atoms with Gasteiger partial charge in [0.1, 0.15) is 5.75 Å². The van der Waals surface area contributed by atoms with Gasteiger partial charge in [0.25, 0.3) is 0 Å². The number of anilines is 1. The fraction of sp³-hybridized carbons (Fsp3) is 0.700. The first-order valence-corrected chi connectivity index (χ1v) is 8.95. The molecule has 1 aliphatic carbocycles. The number of benzene rings is 1. The zero-order valence-electron chi connectivity index (χ0n) is 14.9. The number of nitrogens with zero attached hydrogens (tertiary/aromatic N) is 1. The van der Waals surface area contributed by atoms with E-state index in [1.54, 1.807) is 5.56 Å². The maximum absolute atomic E-state index is 5.87. The molecular formula is C20H31NO. The highest BCUT2D eigenvalue weighted by Crippen LogP contribution is 2.54. The zero-order valence-corrected chi connectivity index (χ0v) is 14.9. The van der Waals surface area contributed by atoms with Crippen LogP contribution < -0.4 is 9.64 Å². The summed E-state index contributed by atoms with van der Waals surface area (Å²) in [6, 6.07) is 6.78. The van der Waals surface area contributed by atoms with E-state index in [2.05, 4.69) is 57.8 Å². The summed E-state index contributed by atoms with van der Waals surface area (Å²) in [6.07, 6.45) is 5.13. The van der Waals surface area contributed by atoms with Gasteiger partial charge in [0.15, 0.2) is 0 Å². The highest BCUT2D eigenvalue weighted by molar-refractivity contribution is 5.62. The Morgan fingerprint density at radius 3 is 2.77 bits per heavy atom. The predicted molar refractivity (Wildman–Crippen MR) is 94.0 cm³/mol. The third-order valence-corrected chi connectivity index (χ3v) is 6.12. The summed E-state index contributed by atoms with van der Waals surface area (Å²) in [4.78, 5) is 2.50. The fourth-order valence-electron chi connectivity index (χ4n) is 4.57. The van der Waals surface area contributed by atoms with Crippen LogP contribution in [0.4, 0.5) is 5.69 Å². The first kappa shape index (κ1) is 15.7. The monoisotopic (exact) mass is 301 g/mol. The lowest BCUT2D eigenvalue weighted by atomic mass is 9.62. The van der Waals surface area contributed by atoms with Gasteiger partial charge in [-0.15, -0.1) is 0 Å². The Labute approximate surface area is 135 Å². The van der Waals surface area contributed by atoms with Gasteiger partial charge in [-0.25, -0.2) is 0 Å². The molecule has 1 saturated carbocycles. The van der Waals surface area contributed by atoms with Crippen molar-refractivity contribution < 1.29 is 4.74 Å². The van der Waals surface area contributed by atoms with Crippen LogP contribution in [0.5, 0.6) is 5.75 Å². The lowest BCUT2D eigenvalue weighted by Gasteiger charge is -2.54. The molecule has 2 heteroatoms. The van der Waals surface area contributed by atoms with Gasteiger partial charge in [0.2, 0.25) is 0 Å². The maximum Gasteiger partial charge on any atom is 0.121 e. The SMILES string of the molecule is CCCOc1ccc2c(c1)N(C)C(C)(C)C1CCC(C)CC21. The van der Waals surface area contributed by atoms with Crippen molar-refractivity contribution >= 4 is 5.69 Å². The summed E-state index contributed by atoms with van der Waals surface area (Å²) in [5.74, 6) is 3.35. The Balaban J connectivity index is 2.00. The minimum atomic E-state index is 0.223. The molecule has 3 atom stereocenters. The molecule has 1 aliphatic heterocycles. The number of rotatable bonds is 3. The second kappa shape index (κ2) is 5.79. The van der Waals surface area contributed by atoms with E-state index in [1.807, 2.05) is 0 Å². The number of ether oxygens (including phenoxy) is 1. The van der Waals surface area contributed by atoms with Gasteiger partial charge >= 0.3 is 0 Å². The van der Waals surface area contributed by atoms with Crippen LogP contribution in [0.15, 0.2) is 18.2 Å². The molecule has 2 nitrogen and oxygen atoms in total. The minimum Gasteiger partial charge on any atom is -0.494 e. The Kier molecular flexibility index (Phi) is 4.13. The third-order valence-electron chi connectivity index (χ3n) is 6.12. The first-order valence-electron chi connectivity index (χ1n) is 8.95. The molecule has 1 aromatic rings. The van der Waals surface area contributed by atoms with Crippen LogP contribution in [-0.4, -0.2) is 19.2 Å². The van der Waals surface area contributed by atoms with E-state index in [9.17, 15) is 0 Å². The molecule has 3 rings (SSSR count). The maximum atomic E-state index is 5.87. The van der Waals surface area contributed by atoms with Gasteiger partial charge in [-0.05, 0) is 62.5 Å². The normalized spacial score (nSPS) is 29.7. The van der Waals surface area contributed by atoms with Crippen LogP contribution in [0.25, 0.3) is 0 Å². The second-order valence-electron chi connectivity index (χ2n) is 7.91. The highest BCUT2D eigenvalue weighted by Gasteiger charge is 2.46. The van der Waals surface area contributed by atoms with Gasteiger partial charge in [-0.1, -0.05) is 26.3 Å². The van der Waals surface area contributed by atoms with Crippen molar-refractivity contribution in [3.8, 4) is 5.75 Å². The molecule has 0 amide bonds. The van der Waals surface area contributed by atoms with E-state index < -0.39 is 0 Å². The van der Waals surface area contributed by atoms with Gasteiger partial charge in [0, 0.05) is 24.3 Å². The quantitative estimate of drug-likeness (QED) is 0.758. The van der Waals surface area contributed by atoms with Crippen molar-refractivity contribution in [2.45, 2.75) is 64.8 Å². The molecule has 1 fully saturated rings. The lowest BCUT2D eigenvalue weighted by Crippen LogP contribution is -2.54. The van der Waals surface area contributed by atoms with Crippen LogP contribution in [0.1, 0.15) is 64.9 Å². The summed E-state index contributed by atoms with van der Waals surface area (Å²) in [6.45, 7) is 10.2. The molecule has 0 bridgehead atoms. The van der Waals surface area contributed by atoms with Crippen molar-refractivity contribution in [2.24, 2.45) is 11.8 Å². The third kappa shape index (κ3) is 2.51. The smallest absolute Gasteiger partial charge is 0.121 e. The Hall–Kier alpha value is -1.18. The molecule has 1 aromatic carbocycles. The highest BCUT2D eigenvalue weighted by atomic mass is 16.5. The summed E-state index contributed by atoms with van der Waals surface area (Å²) >= 11 is 0. The first-order chi connectivity index (χ1) is 10.4. The molecule has 1 heterocycles. The molecule has 0 saturated heterocycles. The zero-order chi connectivity index (χ0) is 15.9. The van der Waals surface area contributed by atoms with Gasteiger partial charge in [-0.3, -0.25) is 0 Å². The lowest BCUT2D eigenvalue weighted by molar-refractivity contribution is 0.157. The second-order valence-corrected chi connectivity index (χ2v) is 7.91. The van der Waals surface area contributed by atoms with Crippen molar-refractivity contribution in [2.75, 3.05) is 18.6 Å². The van der Waals surface area contributed by atoms with Gasteiger partial charge in [-0.2, -0.15) is 0 Å². The molecule has 0 spiro atoms. The molecule has 2 aliphatic rings. The average molecular weight is 301 g/mol. The van der Waals surface area contributed by atoms with Crippen molar-refractivity contribution in [1.82, 2.24) is 0 Å². The van der Waals surface area contributed by atoms with Crippen LogP contribution in [-0.2, 0) is 0 Å². The van der Waals surface area contributed by atoms with E-state index in [-0.39, 0.29) is 5.54 Å². The number of hydrogen-bond donors (Lipinski definition) is 0. The van der Waals surface area contributed by atoms with Crippen LogP contribution >= 0.6 is 0 Å². The van der Waals surface area contributed by atoms with E-state index in [0.717, 1.165) is 30.6 Å². The topological polar surface area (TPSA) is 12.5 Å². The van der Waals surface area contributed by atoms with Crippen LogP contribution in [0, 0.1) is 11.8 Å². The molecular weight excluding hydrogens is 270 g/mol. The molecule has 0 N–H and O–H groups in total. The minimum absolute atomic E-state index is 0.223. The molecule has 0 aromatic heterocycles. The van der Waals surface area contributed by atoms with Crippen LogP contribution in [0.2, 0.25) is 0 Å². The van der Waals surface area contributed by atoms with Crippen LogP contribution in [0.3, 0.4) is 0 Å². The fourth-order valence-corrected chi connectivity index (χ4v) is 4.57. The number of hydrogen-bond acceptors (Lipinski definition) is 2. The summed E-state index contributed by atoms with van der Waals surface area (Å²) in [7, 11) is 2.26. The Morgan fingerprint density at radius 2 is 2.05 bits per heavy atom. The molecule has 22 heavy (non-hydrogen) atoms. The van der Waals surface area contributed by atoms with Crippen molar-refractivity contribution in [3.05, 3.63) is 23.8 Å². The molecule has 122 valence electrons. The van der Waals surface area contributed by atoms with E-state index in [4.69, 9.17) is 4.74 Å². The summed E-state index contributed by atoms with van der Waals surface area (Å²) < 4.78 is 5.87. The van der Waals surface area contributed by atoms with Gasteiger partial charge < -0.3 is 9.64 Å². The predicted octanol–water partition coefficient (Wildman–Crippen LogP) is 5.22. The standard InChI is InChI=1S/C20H31NO/c1-6-11-22-15-8-9-16-17-12-14(2)7-10-18(17)20(3,4)21(5)19(16)13-15/h8-9,13-14,17-18H,6-7,10-12H2,1-5H3. The largest absolute Gasteiger partial charge is 0.494 e. The van der Waals surface area contributed by atoms with E-state index >= 15 is 0 Å². The molecule has 3 unspecified atom stereocenters. The van der Waals surface area contributed by atoms with E-state index in [1.165, 1.54) is 24.9 Å². The Morgan fingerprint density at radius 1 is 1.27 bits per heavy atom. The van der Waals surface area contributed by atoms with E-state index in [0.29, 0.717) is 5.92 Å². The number of fused-ring (bicyclic) bond motifs is 3. The Bertz CT molecular complexity index is 537. The van der Waals surface area contributed by atoms with Gasteiger partial charge in [0.05, 0.1) is 6.61 Å². The van der Waals surface area contributed by atoms with Crippen molar-refractivity contribution in [1.29, 1.82) is 0 Å². The molecule has 0 radical (unpaired) electrons. The summed E-state index contributed by atoms with van der Waals surface area (Å²) in [5.41, 5.74) is 3.15. The summed E-state index contributed by atoms with van der Waals surface area (Å²) in [5, 5.41) is 0.